The molecule has 0 saturated carbocycles. The molecular formula is C42H40O4. The molecule has 0 radical (unpaired) electrons. The molecule has 5 aromatic rings. The molecule has 0 unspecified atom stereocenters. The van der Waals surface area contributed by atoms with Gasteiger partial charge in [-0.15, -0.1) is 0 Å². The Morgan fingerprint density at radius 3 is 1.15 bits per heavy atom. The summed E-state index contributed by atoms with van der Waals surface area (Å²) in [5, 5.41) is 18.7. The van der Waals surface area contributed by atoms with Crippen LogP contribution in [0.25, 0.3) is 0 Å². The van der Waals surface area contributed by atoms with Gasteiger partial charge in [0, 0.05) is 0 Å². The molecule has 2 aliphatic rings. The van der Waals surface area contributed by atoms with Gasteiger partial charge in [0.15, 0.2) is 0 Å². The first kappa shape index (κ1) is 30.0. The first-order chi connectivity index (χ1) is 22.7. The molecule has 0 fully saturated rings. The molecule has 0 spiro atoms. The minimum Gasteiger partial charge on any atom is -0.491 e. The van der Waals surface area contributed by atoms with Crippen molar-refractivity contribution in [3.05, 3.63) is 178 Å². The molecule has 4 heteroatoms. The summed E-state index contributed by atoms with van der Waals surface area (Å²) < 4.78 is 11.6. The van der Waals surface area contributed by atoms with Crippen LogP contribution in [0.2, 0.25) is 0 Å². The molecule has 0 heterocycles. The van der Waals surface area contributed by atoms with Crippen LogP contribution in [0, 0.1) is 0 Å². The number of hydrogen-bond donors (Lipinski definition) is 2. The average Bonchev–Trinajstić information content (AvgIpc) is 3.13. The fourth-order valence-electron chi connectivity index (χ4n) is 8.15. The van der Waals surface area contributed by atoms with Gasteiger partial charge in [0.1, 0.15) is 24.7 Å². The van der Waals surface area contributed by atoms with Gasteiger partial charge in [0.25, 0.3) is 0 Å². The van der Waals surface area contributed by atoms with Crippen molar-refractivity contribution < 1.29 is 19.7 Å². The lowest BCUT2D eigenvalue weighted by Gasteiger charge is -2.53. The van der Waals surface area contributed by atoms with E-state index >= 15 is 0 Å². The van der Waals surface area contributed by atoms with Gasteiger partial charge in [-0.3, -0.25) is 0 Å². The summed E-state index contributed by atoms with van der Waals surface area (Å²) in [4.78, 5) is 0. The summed E-state index contributed by atoms with van der Waals surface area (Å²) in [5.41, 5.74) is 9.47. The van der Waals surface area contributed by atoms with E-state index in [1.807, 2.05) is 24.3 Å². The smallest absolute Gasteiger partial charge is 0.119 e. The topological polar surface area (TPSA) is 58.9 Å². The molecule has 2 aliphatic carbocycles. The molecule has 0 atom stereocenters. The van der Waals surface area contributed by atoms with Crippen molar-refractivity contribution in [1.29, 1.82) is 0 Å². The second-order valence-corrected chi connectivity index (χ2v) is 12.1. The molecule has 0 aromatic heterocycles. The maximum Gasteiger partial charge on any atom is 0.119 e. The van der Waals surface area contributed by atoms with Crippen LogP contribution in [0.4, 0.5) is 0 Å². The lowest BCUT2D eigenvalue weighted by molar-refractivity contribution is 0.201. The van der Waals surface area contributed by atoms with Gasteiger partial charge in [0.2, 0.25) is 0 Å². The maximum absolute atomic E-state index is 9.37. The molecule has 232 valence electrons. The predicted octanol–water partition coefficient (Wildman–Crippen LogP) is 7.98. The Labute approximate surface area is 271 Å². The Hall–Kier alpha value is -4.64. The highest BCUT2D eigenvalue weighted by Crippen LogP contribution is 2.62. The molecule has 0 bridgehead atoms. The van der Waals surface area contributed by atoms with Crippen molar-refractivity contribution in [3.8, 4) is 11.5 Å². The van der Waals surface area contributed by atoms with E-state index < -0.39 is 10.8 Å². The van der Waals surface area contributed by atoms with Crippen LogP contribution in [0.15, 0.2) is 145 Å². The van der Waals surface area contributed by atoms with E-state index in [0.717, 1.165) is 37.2 Å². The highest BCUT2D eigenvalue weighted by molar-refractivity contribution is 5.74. The van der Waals surface area contributed by atoms with Crippen LogP contribution < -0.4 is 9.47 Å². The summed E-state index contributed by atoms with van der Waals surface area (Å²) >= 11 is 0. The molecule has 2 N–H and O–H groups in total. The SMILES string of the molecule is OCCOc1ccc(C2(c3ccc(OCCO)cc3)C3=C(CCCC3)C(c3ccccc3)(c3ccccc3)c3ccccc32)cc1. The summed E-state index contributed by atoms with van der Waals surface area (Å²) in [6, 6.07) is 48.1. The van der Waals surface area contributed by atoms with Gasteiger partial charge in [-0.25, -0.2) is 0 Å². The van der Waals surface area contributed by atoms with Gasteiger partial charge < -0.3 is 19.7 Å². The van der Waals surface area contributed by atoms with Crippen molar-refractivity contribution in [3.63, 3.8) is 0 Å². The number of allylic oxidation sites excluding steroid dienone is 2. The van der Waals surface area contributed by atoms with Crippen molar-refractivity contribution in [2.24, 2.45) is 0 Å². The second-order valence-electron chi connectivity index (χ2n) is 12.1. The third-order valence-electron chi connectivity index (χ3n) is 9.82. The summed E-state index contributed by atoms with van der Waals surface area (Å²) in [7, 11) is 0. The van der Waals surface area contributed by atoms with Crippen LogP contribution in [-0.4, -0.2) is 36.6 Å². The largest absolute Gasteiger partial charge is 0.491 e. The van der Waals surface area contributed by atoms with Gasteiger partial charge in [-0.05, 0) is 83.3 Å². The standard InChI is InChI=1S/C42H40O4/c43-27-29-45-35-23-19-33(20-24-35)42(34-21-25-36(26-22-34)46-30-28-44)39-17-9-7-15-37(39)41(31-11-3-1-4-12-31,32-13-5-2-6-14-32)38-16-8-10-18-40(38)42/h1-7,9,11-15,17,19-26,43-44H,8,10,16,18,27-30H2. The Morgan fingerprint density at radius 1 is 0.435 bits per heavy atom. The number of benzene rings is 5. The molecule has 0 aliphatic heterocycles. The van der Waals surface area contributed by atoms with Crippen LogP contribution in [0.1, 0.15) is 59.1 Å². The van der Waals surface area contributed by atoms with E-state index in [0.29, 0.717) is 0 Å². The Morgan fingerprint density at radius 2 is 0.783 bits per heavy atom. The number of ether oxygens (including phenoxy) is 2. The minimum absolute atomic E-state index is 0.0267. The fraction of sp³-hybridized carbons (Fsp3) is 0.238. The molecule has 0 saturated heterocycles. The number of aliphatic hydroxyl groups is 2. The number of hydrogen-bond acceptors (Lipinski definition) is 4. The zero-order chi connectivity index (χ0) is 31.4. The minimum atomic E-state index is -0.551. The monoisotopic (exact) mass is 608 g/mol. The van der Waals surface area contributed by atoms with E-state index in [1.54, 1.807) is 0 Å². The maximum atomic E-state index is 9.37. The lowest BCUT2D eigenvalue weighted by Crippen LogP contribution is -2.46. The Balaban J connectivity index is 1.59. The third-order valence-corrected chi connectivity index (χ3v) is 9.82. The molecule has 46 heavy (non-hydrogen) atoms. The number of fused-ring (bicyclic) bond motifs is 1. The predicted molar refractivity (Wildman–Crippen MR) is 183 cm³/mol. The van der Waals surface area contributed by atoms with E-state index in [4.69, 9.17) is 9.47 Å². The number of rotatable bonds is 10. The summed E-state index contributed by atoms with van der Waals surface area (Å²) in [5.74, 6) is 1.48. The van der Waals surface area contributed by atoms with E-state index in [9.17, 15) is 10.2 Å². The van der Waals surface area contributed by atoms with E-state index in [2.05, 4.69) is 109 Å². The molecule has 5 aromatic carbocycles. The first-order valence-electron chi connectivity index (χ1n) is 16.4. The van der Waals surface area contributed by atoms with Gasteiger partial charge >= 0.3 is 0 Å². The van der Waals surface area contributed by atoms with Gasteiger partial charge in [0.05, 0.1) is 24.0 Å². The Kier molecular flexibility index (Phi) is 8.49. The van der Waals surface area contributed by atoms with Crippen LogP contribution in [-0.2, 0) is 10.8 Å². The lowest BCUT2D eigenvalue weighted by atomic mass is 9.48. The van der Waals surface area contributed by atoms with Crippen molar-refractivity contribution >= 4 is 0 Å². The first-order valence-corrected chi connectivity index (χ1v) is 16.4. The second kappa shape index (κ2) is 13.0. The zero-order valence-electron chi connectivity index (χ0n) is 26.1. The van der Waals surface area contributed by atoms with Crippen LogP contribution >= 0.6 is 0 Å². The van der Waals surface area contributed by atoms with E-state index in [1.165, 1.54) is 44.5 Å². The van der Waals surface area contributed by atoms with Gasteiger partial charge in [-0.2, -0.15) is 0 Å². The quantitative estimate of drug-likeness (QED) is 0.158. The molecule has 4 nitrogen and oxygen atoms in total. The fourth-order valence-corrected chi connectivity index (χ4v) is 8.15. The molecule has 0 amide bonds. The zero-order valence-corrected chi connectivity index (χ0v) is 26.1. The molecular weight excluding hydrogens is 568 g/mol. The van der Waals surface area contributed by atoms with Crippen molar-refractivity contribution in [2.75, 3.05) is 26.4 Å². The highest BCUT2D eigenvalue weighted by Gasteiger charge is 2.54. The number of aliphatic hydroxyl groups excluding tert-OH is 2. The van der Waals surface area contributed by atoms with Crippen LogP contribution in [0.5, 0.6) is 11.5 Å². The normalized spacial score (nSPS) is 16.3. The van der Waals surface area contributed by atoms with Crippen molar-refractivity contribution in [1.82, 2.24) is 0 Å². The van der Waals surface area contributed by atoms with Crippen LogP contribution in [0.3, 0.4) is 0 Å². The van der Waals surface area contributed by atoms with Crippen molar-refractivity contribution in [2.45, 2.75) is 36.5 Å². The molecule has 7 rings (SSSR count). The summed E-state index contributed by atoms with van der Waals surface area (Å²) in [6.45, 7) is 0.464. The highest BCUT2D eigenvalue weighted by atomic mass is 16.5. The third kappa shape index (κ3) is 4.84. The average molecular weight is 609 g/mol. The van der Waals surface area contributed by atoms with Gasteiger partial charge in [-0.1, -0.05) is 120 Å². The van der Waals surface area contributed by atoms with E-state index in [-0.39, 0.29) is 26.4 Å². The Bertz CT molecular complexity index is 1700. The summed E-state index contributed by atoms with van der Waals surface area (Å²) in [6.07, 6.45) is 4.25.